The van der Waals surface area contributed by atoms with Crippen molar-refractivity contribution in [3.63, 3.8) is 0 Å². The van der Waals surface area contributed by atoms with E-state index in [1.807, 2.05) is 12.1 Å². The molecule has 2 nitrogen and oxygen atoms in total. The summed E-state index contributed by atoms with van der Waals surface area (Å²) < 4.78 is 0. The predicted molar refractivity (Wildman–Crippen MR) is 83.6 cm³/mol. The molecule has 0 spiro atoms. The molecule has 0 aromatic heterocycles. The highest BCUT2D eigenvalue weighted by molar-refractivity contribution is 5.93. The van der Waals surface area contributed by atoms with Crippen LogP contribution in [0.5, 0.6) is 0 Å². The summed E-state index contributed by atoms with van der Waals surface area (Å²) in [4.78, 5) is 11.0. The van der Waals surface area contributed by atoms with Crippen LogP contribution in [-0.2, 0) is 6.42 Å². The Morgan fingerprint density at radius 1 is 0.900 bits per heavy atom. The molecule has 2 aromatic rings. The van der Waals surface area contributed by atoms with Crippen LogP contribution in [-0.4, -0.2) is 5.91 Å². The van der Waals surface area contributed by atoms with E-state index in [0.29, 0.717) is 5.56 Å². The van der Waals surface area contributed by atoms with E-state index >= 15 is 0 Å². The molecule has 0 bridgehead atoms. The minimum absolute atomic E-state index is 0.386. The molecule has 0 radical (unpaired) electrons. The van der Waals surface area contributed by atoms with E-state index in [1.165, 1.54) is 30.4 Å². The summed E-state index contributed by atoms with van der Waals surface area (Å²) in [5.74, 6) is -0.386. The highest BCUT2D eigenvalue weighted by Gasteiger charge is 2.02. The summed E-state index contributed by atoms with van der Waals surface area (Å²) in [7, 11) is 0. The van der Waals surface area contributed by atoms with Gasteiger partial charge >= 0.3 is 0 Å². The summed E-state index contributed by atoms with van der Waals surface area (Å²) >= 11 is 0. The summed E-state index contributed by atoms with van der Waals surface area (Å²) in [6.45, 7) is 2.22. The minimum atomic E-state index is -0.386. The first-order chi connectivity index (χ1) is 9.70. The number of primary amides is 1. The van der Waals surface area contributed by atoms with Gasteiger partial charge in [-0.2, -0.15) is 0 Å². The van der Waals surface area contributed by atoms with Crippen LogP contribution in [0.1, 0.15) is 42.1 Å². The number of carbonyl (C=O) groups is 1. The predicted octanol–water partition coefficient (Wildman–Crippen LogP) is 4.19. The van der Waals surface area contributed by atoms with Gasteiger partial charge in [-0.15, -0.1) is 0 Å². The summed E-state index contributed by atoms with van der Waals surface area (Å²) in [6, 6.07) is 16.1. The Hall–Kier alpha value is -2.09. The second-order valence-electron chi connectivity index (χ2n) is 5.10. The average Bonchev–Trinajstić information content (AvgIpc) is 2.48. The van der Waals surface area contributed by atoms with Crippen molar-refractivity contribution in [1.29, 1.82) is 0 Å². The lowest BCUT2D eigenvalue weighted by Crippen LogP contribution is -2.10. The molecule has 2 aromatic carbocycles. The molecule has 0 saturated heterocycles. The first kappa shape index (κ1) is 14.3. The van der Waals surface area contributed by atoms with Crippen LogP contribution in [0.3, 0.4) is 0 Å². The van der Waals surface area contributed by atoms with Crippen LogP contribution >= 0.6 is 0 Å². The molecule has 0 aliphatic rings. The molecule has 20 heavy (non-hydrogen) atoms. The Balaban J connectivity index is 2.07. The van der Waals surface area contributed by atoms with Gasteiger partial charge in [-0.3, -0.25) is 4.79 Å². The Morgan fingerprint density at radius 2 is 1.45 bits per heavy atom. The molecule has 0 fully saturated rings. The minimum Gasteiger partial charge on any atom is -0.366 e. The van der Waals surface area contributed by atoms with Gasteiger partial charge in [0.05, 0.1) is 0 Å². The zero-order valence-electron chi connectivity index (χ0n) is 11.9. The quantitative estimate of drug-likeness (QED) is 0.784. The van der Waals surface area contributed by atoms with E-state index in [-0.39, 0.29) is 5.91 Å². The van der Waals surface area contributed by atoms with Crippen LogP contribution in [0, 0.1) is 0 Å². The molecule has 1 amide bonds. The van der Waals surface area contributed by atoms with E-state index < -0.39 is 0 Å². The van der Waals surface area contributed by atoms with Crippen molar-refractivity contribution in [3.8, 4) is 11.1 Å². The molecule has 0 aliphatic carbocycles. The van der Waals surface area contributed by atoms with E-state index in [2.05, 4.69) is 31.2 Å². The number of aryl methyl sites for hydroxylation is 1. The van der Waals surface area contributed by atoms with Gasteiger partial charge < -0.3 is 5.73 Å². The van der Waals surface area contributed by atoms with Crippen molar-refractivity contribution in [2.45, 2.75) is 32.6 Å². The largest absolute Gasteiger partial charge is 0.366 e. The van der Waals surface area contributed by atoms with Crippen LogP contribution in [0.4, 0.5) is 0 Å². The molecule has 2 rings (SSSR count). The average molecular weight is 267 g/mol. The third kappa shape index (κ3) is 3.70. The van der Waals surface area contributed by atoms with Gasteiger partial charge in [0.2, 0.25) is 5.91 Å². The maximum Gasteiger partial charge on any atom is 0.248 e. The first-order valence-corrected chi connectivity index (χ1v) is 7.20. The fourth-order valence-corrected chi connectivity index (χ4v) is 2.27. The van der Waals surface area contributed by atoms with Crippen LogP contribution < -0.4 is 5.73 Å². The maximum atomic E-state index is 11.0. The SMILES string of the molecule is CCCCCc1ccc(-c2ccc(C(N)=O)cc2)cc1. The third-order valence-corrected chi connectivity index (χ3v) is 3.53. The number of rotatable bonds is 6. The van der Waals surface area contributed by atoms with E-state index in [0.717, 1.165) is 12.0 Å². The first-order valence-electron chi connectivity index (χ1n) is 7.20. The van der Waals surface area contributed by atoms with E-state index in [1.54, 1.807) is 12.1 Å². The zero-order chi connectivity index (χ0) is 14.4. The smallest absolute Gasteiger partial charge is 0.248 e. The van der Waals surface area contributed by atoms with Crippen molar-refractivity contribution in [3.05, 3.63) is 59.7 Å². The van der Waals surface area contributed by atoms with Crippen LogP contribution in [0.2, 0.25) is 0 Å². The second kappa shape index (κ2) is 6.90. The number of benzene rings is 2. The molecule has 0 saturated carbocycles. The van der Waals surface area contributed by atoms with Crippen molar-refractivity contribution in [2.75, 3.05) is 0 Å². The van der Waals surface area contributed by atoms with Gasteiger partial charge in [-0.1, -0.05) is 56.2 Å². The lowest BCUT2D eigenvalue weighted by molar-refractivity contribution is 0.100. The zero-order valence-corrected chi connectivity index (χ0v) is 11.9. The Bertz CT molecular complexity index is 555. The summed E-state index contributed by atoms with van der Waals surface area (Å²) in [6.07, 6.45) is 4.94. The molecule has 0 heterocycles. The normalized spacial score (nSPS) is 10.4. The molecule has 2 heteroatoms. The molecular formula is C18H21NO. The van der Waals surface area contributed by atoms with Crippen LogP contribution in [0.15, 0.2) is 48.5 Å². The monoisotopic (exact) mass is 267 g/mol. The number of unbranched alkanes of at least 4 members (excludes halogenated alkanes) is 2. The Kier molecular flexibility index (Phi) is 4.94. The molecule has 2 N–H and O–H groups in total. The maximum absolute atomic E-state index is 11.0. The lowest BCUT2D eigenvalue weighted by atomic mass is 10.0. The Labute approximate surface area is 120 Å². The fourth-order valence-electron chi connectivity index (χ4n) is 2.27. The second-order valence-corrected chi connectivity index (χ2v) is 5.10. The number of amides is 1. The van der Waals surface area contributed by atoms with Crippen molar-refractivity contribution in [2.24, 2.45) is 5.73 Å². The third-order valence-electron chi connectivity index (χ3n) is 3.53. The summed E-state index contributed by atoms with van der Waals surface area (Å²) in [5, 5.41) is 0. The highest BCUT2D eigenvalue weighted by Crippen LogP contribution is 2.21. The topological polar surface area (TPSA) is 43.1 Å². The molecule has 104 valence electrons. The van der Waals surface area contributed by atoms with Gasteiger partial charge in [0.15, 0.2) is 0 Å². The van der Waals surface area contributed by atoms with Gasteiger partial charge in [0.25, 0.3) is 0 Å². The standard InChI is InChI=1S/C18H21NO/c1-2-3-4-5-14-6-8-15(9-7-14)16-10-12-17(13-11-16)18(19)20/h6-13H,2-5H2,1H3,(H2,19,20). The van der Waals surface area contributed by atoms with Gasteiger partial charge in [-0.05, 0) is 41.7 Å². The lowest BCUT2D eigenvalue weighted by Gasteiger charge is -2.05. The van der Waals surface area contributed by atoms with Crippen LogP contribution in [0.25, 0.3) is 11.1 Å². The Morgan fingerprint density at radius 3 is 1.95 bits per heavy atom. The number of hydrogen-bond acceptors (Lipinski definition) is 1. The van der Waals surface area contributed by atoms with Gasteiger partial charge in [-0.25, -0.2) is 0 Å². The molecule has 0 aliphatic heterocycles. The van der Waals surface area contributed by atoms with Gasteiger partial charge in [0.1, 0.15) is 0 Å². The van der Waals surface area contributed by atoms with Crippen molar-refractivity contribution >= 4 is 5.91 Å². The number of hydrogen-bond donors (Lipinski definition) is 1. The number of carbonyl (C=O) groups excluding carboxylic acids is 1. The van der Waals surface area contributed by atoms with E-state index in [9.17, 15) is 4.79 Å². The number of nitrogens with two attached hydrogens (primary N) is 1. The van der Waals surface area contributed by atoms with Crippen molar-refractivity contribution in [1.82, 2.24) is 0 Å². The van der Waals surface area contributed by atoms with Gasteiger partial charge in [0, 0.05) is 5.56 Å². The molecule has 0 atom stereocenters. The van der Waals surface area contributed by atoms with E-state index in [4.69, 9.17) is 5.73 Å². The molecule has 0 unspecified atom stereocenters. The fraction of sp³-hybridized carbons (Fsp3) is 0.278. The summed E-state index contributed by atoms with van der Waals surface area (Å²) in [5.41, 5.74) is 9.45. The molecular weight excluding hydrogens is 246 g/mol. The van der Waals surface area contributed by atoms with Crippen molar-refractivity contribution < 1.29 is 4.79 Å². The highest BCUT2D eigenvalue weighted by atomic mass is 16.1.